The fourth-order valence-corrected chi connectivity index (χ4v) is 4.46. The molecule has 3 atom stereocenters. The minimum absolute atomic E-state index is 0.373. The Morgan fingerprint density at radius 1 is 1.30 bits per heavy atom. The van der Waals surface area contributed by atoms with Crippen LogP contribution in [0.3, 0.4) is 0 Å². The summed E-state index contributed by atoms with van der Waals surface area (Å²) in [4.78, 5) is 2.83. The molecule has 0 aromatic rings. The molecule has 3 heteroatoms. The van der Waals surface area contributed by atoms with Crippen molar-refractivity contribution in [1.82, 2.24) is 10.2 Å². The van der Waals surface area contributed by atoms with Crippen molar-refractivity contribution in [3.63, 3.8) is 0 Å². The highest BCUT2D eigenvalue weighted by molar-refractivity contribution is 7.99. The van der Waals surface area contributed by atoms with Crippen molar-refractivity contribution < 1.29 is 0 Å². The molecule has 0 amide bonds. The van der Waals surface area contributed by atoms with Gasteiger partial charge in [0.1, 0.15) is 0 Å². The third-order valence-corrected chi connectivity index (χ3v) is 6.28. The van der Waals surface area contributed by atoms with Crippen molar-refractivity contribution in [2.24, 2.45) is 11.8 Å². The van der Waals surface area contributed by atoms with Crippen molar-refractivity contribution in [2.75, 3.05) is 24.6 Å². The van der Waals surface area contributed by atoms with Gasteiger partial charge in [-0.05, 0) is 56.5 Å². The van der Waals surface area contributed by atoms with Crippen molar-refractivity contribution in [2.45, 2.75) is 71.5 Å². The number of thioether (sulfide) groups is 1. The van der Waals surface area contributed by atoms with E-state index in [2.05, 4.69) is 56.6 Å². The molecule has 1 N–H and O–H groups in total. The molecular weight excluding hydrogens is 264 g/mol. The molecule has 118 valence electrons. The van der Waals surface area contributed by atoms with Gasteiger partial charge in [0.05, 0.1) is 0 Å². The van der Waals surface area contributed by atoms with Gasteiger partial charge in [-0.2, -0.15) is 11.8 Å². The van der Waals surface area contributed by atoms with E-state index in [-0.39, 0.29) is 0 Å². The van der Waals surface area contributed by atoms with Crippen molar-refractivity contribution in [1.29, 1.82) is 0 Å². The first-order valence-electron chi connectivity index (χ1n) is 8.56. The molecule has 0 radical (unpaired) electrons. The quantitative estimate of drug-likeness (QED) is 0.723. The Kier molecular flexibility index (Phi) is 5.84. The molecule has 0 aromatic heterocycles. The zero-order valence-electron chi connectivity index (χ0n) is 14.1. The highest BCUT2D eigenvalue weighted by atomic mass is 32.2. The second-order valence-electron chi connectivity index (χ2n) is 7.39. The fraction of sp³-hybridized carbons (Fsp3) is 1.00. The van der Waals surface area contributed by atoms with Crippen molar-refractivity contribution >= 4 is 11.8 Å². The Balaban J connectivity index is 1.98. The summed E-state index contributed by atoms with van der Waals surface area (Å²) >= 11 is 2.09. The predicted octanol–water partition coefficient (Wildman–Crippen LogP) is 3.62. The van der Waals surface area contributed by atoms with Gasteiger partial charge in [0.25, 0.3) is 0 Å². The van der Waals surface area contributed by atoms with E-state index in [1.165, 1.54) is 43.9 Å². The summed E-state index contributed by atoms with van der Waals surface area (Å²) in [5, 5.41) is 3.89. The predicted molar refractivity (Wildman–Crippen MR) is 91.5 cm³/mol. The zero-order valence-corrected chi connectivity index (χ0v) is 14.9. The maximum Gasteiger partial charge on any atom is 0.0309 e. The summed E-state index contributed by atoms with van der Waals surface area (Å²) in [6.07, 6.45) is 4.20. The van der Waals surface area contributed by atoms with Gasteiger partial charge in [-0.1, -0.05) is 20.8 Å². The summed E-state index contributed by atoms with van der Waals surface area (Å²) in [6, 6.07) is 1.44. The van der Waals surface area contributed by atoms with Gasteiger partial charge < -0.3 is 5.32 Å². The number of piperazine rings is 1. The molecule has 1 saturated carbocycles. The van der Waals surface area contributed by atoms with Gasteiger partial charge in [0, 0.05) is 30.7 Å². The SMILES string of the molecule is CCSCCC(C)N1CC(C)(C2CC2)NCC1C(C)C. The summed E-state index contributed by atoms with van der Waals surface area (Å²) < 4.78 is 0. The van der Waals surface area contributed by atoms with Crippen LogP contribution in [-0.4, -0.2) is 47.1 Å². The molecule has 2 rings (SSSR count). The molecule has 3 unspecified atom stereocenters. The molecule has 1 aliphatic heterocycles. The summed E-state index contributed by atoms with van der Waals surface area (Å²) in [6.45, 7) is 14.4. The van der Waals surface area contributed by atoms with E-state index in [1.54, 1.807) is 0 Å². The first-order chi connectivity index (χ1) is 9.48. The lowest BCUT2D eigenvalue weighted by atomic mass is 9.87. The van der Waals surface area contributed by atoms with Crippen LogP contribution in [-0.2, 0) is 0 Å². The van der Waals surface area contributed by atoms with Gasteiger partial charge in [0.15, 0.2) is 0 Å². The largest absolute Gasteiger partial charge is 0.308 e. The van der Waals surface area contributed by atoms with Gasteiger partial charge in [-0.25, -0.2) is 0 Å². The molecule has 20 heavy (non-hydrogen) atoms. The molecule has 1 heterocycles. The zero-order chi connectivity index (χ0) is 14.8. The number of hydrogen-bond acceptors (Lipinski definition) is 3. The first-order valence-corrected chi connectivity index (χ1v) is 9.72. The van der Waals surface area contributed by atoms with Crippen LogP contribution in [0.4, 0.5) is 0 Å². The molecule has 2 fully saturated rings. The Labute approximate surface area is 130 Å². The fourth-order valence-electron chi connectivity index (χ4n) is 3.67. The lowest BCUT2D eigenvalue weighted by Gasteiger charge is -2.50. The van der Waals surface area contributed by atoms with E-state index in [0.29, 0.717) is 11.6 Å². The minimum Gasteiger partial charge on any atom is -0.308 e. The lowest BCUT2D eigenvalue weighted by molar-refractivity contribution is 0.0229. The van der Waals surface area contributed by atoms with E-state index < -0.39 is 0 Å². The summed E-state index contributed by atoms with van der Waals surface area (Å²) in [7, 11) is 0. The second-order valence-corrected chi connectivity index (χ2v) is 8.78. The normalized spacial score (nSPS) is 33.6. The van der Waals surface area contributed by atoms with E-state index in [4.69, 9.17) is 0 Å². The van der Waals surface area contributed by atoms with E-state index in [0.717, 1.165) is 17.9 Å². The molecule has 0 spiro atoms. The molecule has 0 bridgehead atoms. The van der Waals surface area contributed by atoms with Crippen LogP contribution in [0.15, 0.2) is 0 Å². The van der Waals surface area contributed by atoms with E-state index in [1.807, 2.05) is 0 Å². The van der Waals surface area contributed by atoms with E-state index in [9.17, 15) is 0 Å². The number of nitrogens with zero attached hydrogens (tertiary/aromatic N) is 1. The topological polar surface area (TPSA) is 15.3 Å². The van der Waals surface area contributed by atoms with Crippen molar-refractivity contribution in [3.8, 4) is 0 Å². The molecule has 0 aromatic carbocycles. The van der Waals surface area contributed by atoms with Gasteiger partial charge in [-0.15, -0.1) is 0 Å². The number of rotatable bonds is 7. The van der Waals surface area contributed by atoms with Crippen LogP contribution in [0.25, 0.3) is 0 Å². The van der Waals surface area contributed by atoms with Gasteiger partial charge in [0.2, 0.25) is 0 Å². The Morgan fingerprint density at radius 2 is 2.00 bits per heavy atom. The Morgan fingerprint density at radius 3 is 2.55 bits per heavy atom. The average molecular weight is 299 g/mol. The summed E-state index contributed by atoms with van der Waals surface area (Å²) in [5.74, 6) is 4.23. The van der Waals surface area contributed by atoms with Crippen LogP contribution in [0, 0.1) is 11.8 Å². The summed E-state index contributed by atoms with van der Waals surface area (Å²) in [5.41, 5.74) is 0.373. The van der Waals surface area contributed by atoms with E-state index >= 15 is 0 Å². The lowest BCUT2D eigenvalue weighted by Crippen LogP contribution is -2.66. The molecule has 2 aliphatic rings. The van der Waals surface area contributed by atoms with Crippen LogP contribution in [0.2, 0.25) is 0 Å². The third kappa shape index (κ3) is 3.92. The second kappa shape index (κ2) is 7.02. The molecular formula is C17H34N2S. The maximum atomic E-state index is 3.89. The maximum absolute atomic E-state index is 3.89. The van der Waals surface area contributed by atoms with Crippen LogP contribution in [0.5, 0.6) is 0 Å². The number of hydrogen-bond donors (Lipinski definition) is 1. The first kappa shape index (κ1) is 16.6. The van der Waals surface area contributed by atoms with Crippen LogP contribution in [0.1, 0.15) is 53.9 Å². The Hall–Kier alpha value is 0.270. The van der Waals surface area contributed by atoms with Crippen LogP contribution >= 0.6 is 11.8 Å². The smallest absolute Gasteiger partial charge is 0.0309 e. The highest BCUT2D eigenvalue weighted by Crippen LogP contribution is 2.42. The molecule has 1 saturated heterocycles. The molecule has 1 aliphatic carbocycles. The van der Waals surface area contributed by atoms with Crippen molar-refractivity contribution in [3.05, 3.63) is 0 Å². The standard InChI is InChI=1S/C17H34N2S/c1-6-20-10-9-14(4)19-12-17(5,15-7-8-15)18-11-16(19)13(2)3/h13-16,18H,6-12H2,1-5H3. The van der Waals surface area contributed by atoms with Gasteiger partial charge in [-0.3, -0.25) is 4.90 Å². The average Bonchev–Trinajstić information content (AvgIpc) is 3.23. The monoisotopic (exact) mass is 298 g/mol. The number of nitrogens with one attached hydrogen (secondary N) is 1. The Bertz CT molecular complexity index is 303. The molecule has 2 nitrogen and oxygen atoms in total. The highest BCUT2D eigenvalue weighted by Gasteiger charge is 2.47. The van der Waals surface area contributed by atoms with Crippen LogP contribution < -0.4 is 5.32 Å². The minimum atomic E-state index is 0.373. The van der Waals surface area contributed by atoms with Gasteiger partial charge >= 0.3 is 0 Å². The third-order valence-electron chi connectivity index (χ3n) is 5.35.